The second kappa shape index (κ2) is 5.79. The van der Waals surface area contributed by atoms with E-state index in [1.807, 2.05) is 0 Å². The first kappa shape index (κ1) is 15.4. The molecule has 0 atom stereocenters. The second-order valence-corrected chi connectivity index (χ2v) is 6.60. The van der Waals surface area contributed by atoms with Crippen LogP contribution in [0.4, 0.5) is 4.39 Å². The van der Waals surface area contributed by atoms with E-state index in [1.165, 1.54) is 11.2 Å². The van der Waals surface area contributed by atoms with Gasteiger partial charge in [0.1, 0.15) is 11.9 Å². The van der Waals surface area contributed by atoms with Crippen LogP contribution in [0.2, 0.25) is 0 Å². The van der Waals surface area contributed by atoms with Crippen LogP contribution in [-0.4, -0.2) is 49.7 Å². The Labute approximate surface area is 122 Å². The van der Waals surface area contributed by atoms with Crippen LogP contribution in [0.5, 0.6) is 0 Å². The topological polar surface area (TPSA) is 81.5 Å². The summed E-state index contributed by atoms with van der Waals surface area (Å²) in [6.45, 7) is 2.44. The molecular formula is C13H14FN3O3S. The van der Waals surface area contributed by atoms with Gasteiger partial charge >= 0.3 is 0 Å². The van der Waals surface area contributed by atoms with Crippen molar-refractivity contribution in [2.24, 2.45) is 0 Å². The predicted octanol–water partition coefficient (Wildman–Crippen LogP) is 0.550. The molecule has 1 aliphatic rings. The fourth-order valence-corrected chi connectivity index (χ4v) is 3.59. The molecule has 1 fully saturated rings. The number of piperazine rings is 1. The van der Waals surface area contributed by atoms with Crippen molar-refractivity contribution in [3.63, 3.8) is 0 Å². The molecule has 8 heteroatoms. The molecule has 0 saturated carbocycles. The predicted molar refractivity (Wildman–Crippen MR) is 72.1 cm³/mol. The Morgan fingerprint density at radius 1 is 1.29 bits per heavy atom. The zero-order valence-electron chi connectivity index (χ0n) is 11.4. The van der Waals surface area contributed by atoms with Gasteiger partial charge in [0.25, 0.3) is 0 Å². The number of benzene rings is 1. The molecule has 21 heavy (non-hydrogen) atoms. The third kappa shape index (κ3) is 3.04. The summed E-state index contributed by atoms with van der Waals surface area (Å²) in [5.74, 6) is -0.849. The largest absolute Gasteiger partial charge is 0.340 e. The third-order valence-corrected chi connectivity index (χ3v) is 5.27. The number of hydrogen-bond donors (Lipinski definition) is 0. The molecule has 1 aromatic carbocycles. The Hall–Kier alpha value is -1.98. The van der Waals surface area contributed by atoms with Gasteiger partial charge in [-0.25, -0.2) is 12.8 Å². The molecule has 1 amide bonds. The highest BCUT2D eigenvalue weighted by atomic mass is 32.2. The highest BCUT2D eigenvalue weighted by Crippen LogP contribution is 2.20. The van der Waals surface area contributed by atoms with Gasteiger partial charge in [-0.15, -0.1) is 0 Å². The lowest BCUT2D eigenvalue weighted by molar-refractivity contribution is -0.129. The molecule has 0 aliphatic carbocycles. The number of rotatable bonds is 2. The van der Waals surface area contributed by atoms with Crippen molar-refractivity contribution in [2.45, 2.75) is 11.8 Å². The third-order valence-electron chi connectivity index (χ3n) is 3.38. The molecule has 0 radical (unpaired) electrons. The summed E-state index contributed by atoms with van der Waals surface area (Å²) in [6, 6.07) is 4.76. The average Bonchev–Trinajstić information content (AvgIpc) is 2.47. The average molecular weight is 311 g/mol. The first-order chi connectivity index (χ1) is 9.86. The van der Waals surface area contributed by atoms with E-state index in [-0.39, 0.29) is 29.5 Å². The van der Waals surface area contributed by atoms with Gasteiger partial charge < -0.3 is 4.90 Å². The highest BCUT2D eigenvalue weighted by molar-refractivity contribution is 7.89. The fourth-order valence-electron chi connectivity index (χ4n) is 2.14. The number of amides is 1. The lowest BCUT2D eigenvalue weighted by Crippen LogP contribution is -2.49. The Kier molecular flexibility index (Phi) is 4.25. The van der Waals surface area contributed by atoms with Gasteiger partial charge in [-0.2, -0.15) is 9.57 Å². The zero-order chi connectivity index (χ0) is 15.6. The van der Waals surface area contributed by atoms with Crippen molar-refractivity contribution in [2.75, 3.05) is 26.2 Å². The van der Waals surface area contributed by atoms with Crippen molar-refractivity contribution >= 4 is 15.9 Å². The maximum absolute atomic E-state index is 13.3. The summed E-state index contributed by atoms with van der Waals surface area (Å²) in [6.07, 6.45) is 0. The van der Waals surface area contributed by atoms with Gasteiger partial charge in [0, 0.05) is 33.1 Å². The number of hydrogen-bond acceptors (Lipinski definition) is 4. The van der Waals surface area contributed by atoms with Gasteiger partial charge in [0.15, 0.2) is 0 Å². The fraction of sp³-hybridized carbons (Fsp3) is 0.385. The van der Waals surface area contributed by atoms with Crippen molar-refractivity contribution in [1.29, 1.82) is 5.26 Å². The van der Waals surface area contributed by atoms with E-state index in [1.54, 1.807) is 11.0 Å². The molecule has 0 aromatic heterocycles. The van der Waals surface area contributed by atoms with E-state index in [2.05, 4.69) is 0 Å². The maximum atomic E-state index is 13.3. The minimum absolute atomic E-state index is 0.0967. The molecule has 0 N–H and O–H groups in total. The minimum Gasteiger partial charge on any atom is -0.340 e. The number of carbonyl (C=O) groups is 1. The molecule has 0 bridgehead atoms. The summed E-state index contributed by atoms with van der Waals surface area (Å²) in [5, 5.41) is 8.77. The summed E-state index contributed by atoms with van der Waals surface area (Å²) in [4.78, 5) is 12.7. The van der Waals surface area contributed by atoms with E-state index in [0.29, 0.717) is 13.1 Å². The van der Waals surface area contributed by atoms with Crippen LogP contribution in [0.15, 0.2) is 23.1 Å². The number of sulfonamides is 1. The van der Waals surface area contributed by atoms with Gasteiger partial charge in [0.05, 0.1) is 10.5 Å². The molecule has 0 spiro atoms. The molecule has 0 unspecified atom stereocenters. The Morgan fingerprint density at radius 3 is 2.43 bits per heavy atom. The number of nitriles is 1. The number of carbonyl (C=O) groups excluding carboxylic acids is 1. The van der Waals surface area contributed by atoms with E-state index in [4.69, 9.17) is 5.26 Å². The summed E-state index contributed by atoms with van der Waals surface area (Å²) >= 11 is 0. The normalized spacial score (nSPS) is 16.5. The first-order valence-corrected chi connectivity index (χ1v) is 7.75. The summed E-state index contributed by atoms with van der Waals surface area (Å²) < 4.78 is 39.4. The van der Waals surface area contributed by atoms with Crippen LogP contribution in [0.25, 0.3) is 0 Å². The molecule has 1 aromatic rings. The quantitative estimate of drug-likeness (QED) is 0.799. The molecule has 112 valence electrons. The molecule has 2 rings (SSSR count). The number of nitrogens with zero attached hydrogens (tertiary/aromatic N) is 3. The first-order valence-electron chi connectivity index (χ1n) is 6.31. The van der Waals surface area contributed by atoms with Gasteiger partial charge in [-0.1, -0.05) is 0 Å². The number of halogens is 1. The van der Waals surface area contributed by atoms with Crippen LogP contribution in [-0.2, 0) is 14.8 Å². The second-order valence-electron chi connectivity index (χ2n) is 4.66. The summed E-state index contributed by atoms with van der Waals surface area (Å²) in [7, 11) is -3.78. The summed E-state index contributed by atoms with van der Waals surface area (Å²) in [5.41, 5.74) is -0.307. The van der Waals surface area contributed by atoms with Crippen LogP contribution in [0.3, 0.4) is 0 Å². The van der Waals surface area contributed by atoms with Crippen molar-refractivity contribution in [3.05, 3.63) is 29.6 Å². The Bertz CT molecular complexity index is 704. The van der Waals surface area contributed by atoms with E-state index >= 15 is 0 Å². The van der Waals surface area contributed by atoms with Crippen molar-refractivity contribution < 1.29 is 17.6 Å². The van der Waals surface area contributed by atoms with Crippen LogP contribution in [0.1, 0.15) is 12.5 Å². The molecule has 1 heterocycles. The SMILES string of the molecule is CC(=O)N1CCN(S(=O)(=O)c2ccc(F)c(C#N)c2)CC1. The van der Waals surface area contributed by atoms with E-state index < -0.39 is 15.8 Å². The van der Waals surface area contributed by atoms with Crippen LogP contribution >= 0.6 is 0 Å². The smallest absolute Gasteiger partial charge is 0.243 e. The van der Waals surface area contributed by atoms with Crippen LogP contribution < -0.4 is 0 Å². The molecular weight excluding hydrogens is 297 g/mol. The monoisotopic (exact) mass is 311 g/mol. The standard InChI is InChI=1S/C13H14FN3O3S/c1-10(18)16-4-6-17(7-5-16)21(19,20)12-2-3-13(14)11(8-12)9-15/h2-3,8H,4-7H2,1H3. The van der Waals surface area contributed by atoms with Crippen LogP contribution in [0, 0.1) is 17.1 Å². The van der Waals surface area contributed by atoms with E-state index in [9.17, 15) is 17.6 Å². The Balaban J connectivity index is 2.24. The molecule has 6 nitrogen and oxygen atoms in total. The zero-order valence-corrected chi connectivity index (χ0v) is 12.2. The van der Waals surface area contributed by atoms with Gasteiger partial charge in [-0.05, 0) is 18.2 Å². The minimum atomic E-state index is -3.78. The van der Waals surface area contributed by atoms with Gasteiger partial charge in [0.2, 0.25) is 15.9 Å². The van der Waals surface area contributed by atoms with E-state index in [0.717, 1.165) is 18.2 Å². The Morgan fingerprint density at radius 2 is 1.90 bits per heavy atom. The lowest BCUT2D eigenvalue weighted by atomic mass is 10.2. The maximum Gasteiger partial charge on any atom is 0.243 e. The highest BCUT2D eigenvalue weighted by Gasteiger charge is 2.29. The molecule has 1 saturated heterocycles. The van der Waals surface area contributed by atoms with Crippen molar-refractivity contribution in [1.82, 2.24) is 9.21 Å². The van der Waals surface area contributed by atoms with Crippen molar-refractivity contribution in [3.8, 4) is 6.07 Å². The van der Waals surface area contributed by atoms with Gasteiger partial charge in [-0.3, -0.25) is 4.79 Å². The molecule has 1 aliphatic heterocycles. The lowest BCUT2D eigenvalue weighted by Gasteiger charge is -2.33.